The number of hydrogen-bond acceptors (Lipinski definition) is 3. The Morgan fingerprint density at radius 3 is 2.79 bits per heavy atom. The summed E-state index contributed by atoms with van der Waals surface area (Å²) in [5, 5.41) is 3.39. The molecule has 0 fully saturated rings. The van der Waals surface area contributed by atoms with Crippen LogP contribution in [0.4, 0.5) is 5.95 Å². The van der Waals surface area contributed by atoms with E-state index in [2.05, 4.69) is 46.1 Å². The number of anilines is 1. The number of nitrogens with one attached hydrogen (secondary N) is 1. The van der Waals surface area contributed by atoms with E-state index in [4.69, 9.17) is 4.74 Å². The van der Waals surface area contributed by atoms with Crippen molar-refractivity contribution in [3.8, 4) is 0 Å². The molecule has 2 rings (SSSR count). The van der Waals surface area contributed by atoms with E-state index in [1.807, 2.05) is 12.4 Å². The van der Waals surface area contributed by atoms with Crippen LogP contribution in [-0.4, -0.2) is 23.3 Å². The van der Waals surface area contributed by atoms with Gasteiger partial charge in [-0.1, -0.05) is 31.2 Å². The van der Waals surface area contributed by atoms with Gasteiger partial charge in [-0.2, -0.15) is 0 Å². The number of hydrogen-bond donors (Lipinski definition) is 1. The minimum atomic E-state index is 0.691. The van der Waals surface area contributed by atoms with Crippen LogP contribution >= 0.6 is 0 Å². The summed E-state index contributed by atoms with van der Waals surface area (Å²) >= 11 is 0. The van der Waals surface area contributed by atoms with Crippen molar-refractivity contribution in [2.75, 3.05) is 19.0 Å². The minimum Gasteiger partial charge on any atom is -0.383 e. The van der Waals surface area contributed by atoms with Crippen molar-refractivity contribution in [2.45, 2.75) is 26.4 Å². The van der Waals surface area contributed by atoms with Crippen molar-refractivity contribution in [2.24, 2.45) is 0 Å². The van der Waals surface area contributed by atoms with Crippen LogP contribution in [0.3, 0.4) is 0 Å². The van der Waals surface area contributed by atoms with Crippen LogP contribution in [0, 0.1) is 0 Å². The second kappa shape index (κ2) is 6.95. The number of methoxy groups -OCH3 is 1. The third kappa shape index (κ3) is 3.58. The van der Waals surface area contributed by atoms with Gasteiger partial charge in [-0.15, -0.1) is 0 Å². The molecule has 0 amide bonds. The largest absolute Gasteiger partial charge is 0.383 e. The van der Waals surface area contributed by atoms with E-state index in [1.165, 1.54) is 11.1 Å². The molecule has 0 atom stereocenters. The monoisotopic (exact) mass is 259 g/mol. The molecule has 0 aliphatic rings. The van der Waals surface area contributed by atoms with Crippen LogP contribution in [0.15, 0.2) is 36.7 Å². The number of aromatic nitrogens is 2. The summed E-state index contributed by atoms with van der Waals surface area (Å²) in [5.74, 6) is 0.892. The highest BCUT2D eigenvalue weighted by atomic mass is 16.5. The van der Waals surface area contributed by atoms with Gasteiger partial charge >= 0.3 is 0 Å². The zero-order valence-corrected chi connectivity index (χ0v) is 11.6. The Balaban J connectivity index is 2.00. The van der Waals surface area contributed by atoms with Gasteiger partial charge < -0.3 is 14.6 Å². The standard InChI is InChI=1S/C15H21N3O/c1-3-13-6-4-5-7-14(13)12-17-15-16-8-9-18(15)10-11-19-2/h4-9H,3,10-12H2,1-2H3,(H,16,17). The summed E-state index contributed by atoms with van der Waals surface area (Å²) < 4.78 is 7.16. The third-order valence-electron chi connectivity index (χ3n) is 3.19. The first-order valence-electron chi connectivity index (χ1n) is 6.66. The van der Waals surface area contributed by atoms with E-state index in [0.29, 0.717) is 6.61 Å². The molecule has 2 aromatic rings. The topological polar surface area (TPSA) is 39.1 Å². The molecule has 0 spiro atoms. The molecule has 0 aliphatic carbocycles. The molecule has 0 saturated heterocycles. The molecule has 4 heteroatoms. The predicted molar refractivity (Wildman–Crippen MR) is 77.2 cm³/mol. The van der Waals surface area contributed by atoms with E-state index < -0.39 is 0 Å². The Labute approximate surface area is 114 Å². The lowest BCUT2D eigenvalue weighted by Gasteiger charge is -2.11. The number of nitrogens with zero attached hydrogens (tertiary/aromatic N) is 2. The molecule has 0 radical (unpaired) electrons. The third-order valence-corrected chi connectivity index (χ3v) is 3.19. The number of aryl methyl sites for hydroxylation is 1. The van der Waals surface area contributed by atoms with Gasteiger partial charge in [-0.05, 0) is 17.5 Å². The van der Waals surface area contributed by atoms with Gasteiger partial charge in [0.1, 0.15) is 0 Å². The number of benzene rings is 1. The Hall–Kier alpha value is -1.81. The molecule has 1 N–H and O–H groups in total. The van der Waals surface area contributed by atoms with Crippen molar-refractivity contribution in [1.82, 2.24) is 9.55 Å². The highest BCUT2D eigenvalue weighted by molar-refractivity contribution is 5.33. The average molecular weight is 259 g/mol. The van der Waals surface area contributed by atoms with Gasteiger partial charge in [0.05, 0.1) is 6.61 Å². The first-order valence-corrected chi connectivity index (χ1v) is 6.66. The van der Waals surface area contributed by atoms with Crippen LogP contribution in [0.5, 0.6) is 0 Å². The molecule has 1 aromatic carbocycles. The van der Waals surface area contributed by atoms with Gasteiger partial charge in [0.25, 0.3) is 0 Å². The van der Waals surface area contributed by atoms with Crippen LogP contribution in [0.2, 0.25) is 0 Å². The molecule has 4 nitrogen and oxygen atoms in total. The Kier molecular flexibility index (Phi) is 4.98. The number of rotatable bonds is 7. The highest BCUT2D eigenvalue weighted by Gasteiger charge is 2.04. The summed E-state index contributed by atoms with van der Waals surface area (Å²) in [7, 11) is 1.71. The van der Waals surface area contributed by atoms with Gasteiger partial charge in [-0.3, -0.25) is 0 Å². The maximum absolute atomic E-state index is 5.09. The van der Waals surface area contributed by atoms with Gasteiger partial charge in [-0.25, -0.2) is 4.98 Å². The smallest absolute Gasteiger partial charge is 0.203 e. The summed E-state index contributed by atoms with van der Waals surface area (Å²) in [6.45, 7) is 4.48. The molecule has 1 aromatic heterocycles. The second-order valence-electron chi connectivity index (χ2n) is 4.41. The second-order valence-corrected chi connectivity index (χ2v) is 4.41. The van der Waals surface area contributed by atoms with E-state index in [-0.39, 0.29) is 0 Å². The molecule has 0 saturated carbocycles. The molecule has 0 bridgehead atoms. The molecular formula is C15H21N3O. The van der Waals surface area contributed by atoms with E-state index >= 15 is 0 Å². The van der Waals surface area contributed by atoms with Crippen molar-refractivity contribution in [1.29, 1.82) is 0 Å². The quantitative estimate of drug-likeness (QED) is 0.831. The lowest BCUT2D eigenvalue weighted by Crippen LogP contribution is -2.10. The van der Waals surface area contributed by atoms with E-state index in [0.717, 1.165) is 25.5 Å². The first kappa shape index (κ1) is 13.6. The zero-order valence-electron chi connectivity index (χ0n) is 11.6. The van der Waals surface area contributed by atoms with E-state index in [9.17, 15) is 0 Å². The Morgan fingerprint density at radius 2 is 2.05 bits per heavy atom. The van der Waals surface area contributed by atoms with E-state index in [1.54, 1.807) is 7.11 Å². The van der Waals surface area contributed by atoms with Gasteiger partial charge in [0.15, 0.2) is 0 Å². The first-order chi connectivity index (χ1) is 9.35. The molecule has 0 unspecified atom stereocenters. The van der Waals surface area contributed by atoms with Crippen molar-refractivity contribution >= 4 is 5.95 Å². The Morgan fingerprint density at radius 1 is 1.26 bits per heavy atom. The minimum absolute atomic E-state index is 0.691. The maximum atomic E-state index is 5.09. The van der Waals surface area contributed by atoms with Crippen LogP contribution in [0.1, 0.15) is 18.1 Å². The number of ether oxygens (including phenoxy) is 1. The maximum Gasteiger partial charge on any atom is 0.203 e. The van der Waals surface area contributed by atoms with Crippen molar-refractivity contribution in [3.63, 3.8) is 0 Å². The van der Waals surface area contributed by atoms with Gasteiger partial charge in [0.2, 0.25) is 5.95 Å². The fraction of sp³-hybridized carbons (Fsp3) is 0.400. The number of imidazole rings is 1. The fourth-order valence-electron chi connectivity index (χ4n) is 2.10. The molecule has 1 heterocycles. The van der Waals surface area contributed by atoms with Gasteiger partial charge in [0, 0.05) is 32.6 Å². The summed E-state index contributed by atoms with van der Waals surface area (Å²) in [6.07, 6.45) is 4.83. The SMILES string of the molecule is CCc1ccccc1CNc1nccn1CCOC. The zero-order chi connectivity index (χ0) is 13.5. The predicted octanol–water partition coefficient (Wildman–Crippen LogP) is 2.70. The fourth-order valence-corrected chi connectivity index (χ4v) is 2.10. The lowest BCUT2D eigenvalue weighted by molar-refractivity contribution is 0.187. The van der Waals surface area contributed by atoms with Crippen LogP contribution < -0.4 is 5.32 Å². The molecular weight excluding hydrogens is 238 g/mol. The normalized spacial score (nSPS) is 10.6. The summed E-state index contributed by atoms with van der Waals surface area (Å²) in [4.78, 5) is 4.34. The van der Waals surface area contributed by atoms with Crippen LogP contribution in [-0.2, 0) is 24.2 Å². The summed E-state index contributed by atoms with van der Waals surface area (Å²) in [5.41, 5.74) is 2.70. The molecule has 102 valence electrons. The summed E-state index contributed by atoms with van der Waals surface area (Å²) in [6, 6.07) is 8.50. The van der Waals surface area contributed by atoms with Crippen molar-refractivity contribution in [3.05, 3.63) is 47.8 Å². The lowest BCUT2D eigenvalue weighted by atomic mass is 10.1. The molecule has 0 aliphatic heterocycles. The Bertz CT molecular complexity index is 508. The average Bonchev–Trinajstić information content (AvgIpc) is 2.90. The van der Waals surface area contributed by atoms with Crippen LogP contribution in [0.25, 0.3) is 0 Å². The van der Waals surface area contributed by atoms with Crippen molar-refractivity contribution < 1.29 is 4.74 Å². The molecule has 19 heavy (non-hydrogen) atoms. The highest BCUT2D eigenvalue weighted by Crippen LogP contribution is 2.12.